The summed E-state index contributed by atoms with van der Waals surface area (Å²) in [6.45, 7) is 6.33. The number of carbonyl (C=O) groups excluding carboxylic acids is 2. The molecule has 0 spiro atoms. The van der Waals surface area contributed by atoms with Gasteiger partial charge >= 0.3 is 5.97 Å². The summed E-state index contributed by atoms with van der Waals surface area (Å²) in [5.74, 6) is -0.548. The molecule has 0 saturated heterocycles. The lowest BCUT2D eigenvalue weighted by Gasteiger charge is -2.24. The van der Waals surface area contributed by atoms with Crippen molar-refractivity contribution in [3.63, 3.8) is 0 Å². The molecule has 0 saturated carbocycles. The SMILES string of the molecule is CC/C=C/C=C/C=C\C=C/C=C/CCCC(CC(=O)NC(CO)C(O)CCCCCCCCCCCCCCCCCCC)OC(=O)CCCCCCCCC/C=C/CCCCCCCC. The second-order valence-corrected chi connectivity index (χ2v) is 19.1. The van der Waals surface area contributed by atoms with Crippen molar-refractivity contribution >= 4 is 11.9 Å². The van der Waals surface area contributed by atoms with Gasteiger partial charge in [0.25, 0.3) is 0 Å². The van der Waals surface area contributed by atoms with E-state index in [0.29, 0.717) is 19.3 Å². The number of ether oxygens (including phenoxy) is 1. The molecule has 0 aliphatic carbocycles. The standard InChI is InChI=1S/C60H107NO5/c1-4-7-10-13-16-19-22-25-27-29-31-34-37-40-43-46-49-52-58(63)57(55-62)61-59(64)54-56(51-48-45-42-39-36-33-24-21-18-15-12-9-6-3)66-60(65)53-50-47-44-41-38-35-32-30-28-26-23-20-17-14-11-8-5-2/h9,12,15,18,21,24,26,28,33,36,39,42,56-58,62-63H,4-8,10-11,13-14,16-17,19-20,22-23,25,27,29-32,34-35,37-38,40-41,43-55H2,1-3H3,(H,61,64)/b12-9+,18-15+,24-21-,28-26+,36-33-,42-39+. The molecule has 382 valence electrons. The molecule has 0 bridgehead atoms. The topological polar surface area (TPSA) is 95.9 Å². The molecule has 3 atom stereocenters. The Morgan fingerprint density at radius 3 is 1.30 bits per heavy atom. The van der Waals surface area contributed by atoms with E-state index in [1.54, 1.807) is 0 Å². The smallest absolute Gasteiger partial charge is 0.306 e. The molecular formula is C60H107NO5. The minimum absolute atomic E-state index is 0.0255. The number of nitrogens with one attached hydrogen (secondary N) is 1. The van der Waals surface area contributed by atoms with Gasteiger partial charge in [-0.3, -0.25) is 9.59 Å². The van der Waals surface area contributed by atoms with E-state index < -0.39 is 18.2 Å². The van der Waals surface area contributed by atoms with Crippen molar-refractivity contribution in [2.75, 3.05) is 6.61 Å². The number of hydrogen-bond acceptors (Lipinski definition) is 5. The average Bonchev–Trinajstić information content (AvgIpc) is 3.31. The molecule has 6 nitrogen and oxygen atoms in total. The van der Waals surface area contributed by atoms with Gasteiger partial charge in [-0.1, -0.05) is 267 Å². The van der Waals surface area contributed by atoms with Crippen molar-refractivity contribution in [3.05, 3.63) is 72.9 Å². The van der Waals surface area contributed by atoms with Crippen LogP contribution in [0.5, 0.6) is 0 Å². The van der Waals surface area contributed by atoms with Crippen LogP contribution in [-0.2, 0) is 14.3 Å². The molecule has 66 heavy (non-hydrogen) atoms. The molecule has 0 radical (unpaired) electrons. The second kappa shape index (κ2) is 53.3. The fourth-order valence-electron chi connectivity index (χ4n) is 8.39. The van der Waals surface area contributed by atoms with Gasteiger partial charge in [0, 0.05) is 6.42 Å². The minimum Gasteiger partial charge on any atom is -0.462 e. The Hall–Kier alpha value is -2.70. The predicted octanol–water partition coefficient (Wildman–Crippen LogP) is 17.3. The van der Waals surface area contributed by atoms with Crippen LogP contribution in [0.15, 0.2) is 72.9 Å². The van der Waals surface area contributed by atoms with Crippen molar-refractivity contribution in [1.82, 2.24) is 5.32 Å². The number of aliphatic hydroxyl groups is 2. The fraction of sp³-hybridized carbons (Fsp3) is 0.767. The first-order valence-corrected chi connectivity index (χ1v) is 28.2. The molecule has 0 aromatic carbocycles. The van der Waals surface area contributed by atoms with Crippen LogP contribution in [0.25, 0.3) is 0 Å². The van der Waals surface area contributed by atoms with Gasteiger partial charge in [-0.25, -0.2) is 0 Å². The zero-order valence-corrected chi connectivity index (χ0v) is 43.6. The van der Waals surface area contributed by atoms with E-state index in [-0.39, 0.29) is 24.9 Å². The number of rotatable bonds is 50. The van der Waals surface area contributed by atoms with Crippen molar-refractivity contribution in [1.29, 1.82) is 0 Å². The largest absolute Gasteiger partial charge is 0.462 e. The first-order valence-electron chi connectivity index (χ1n) is 28.2. The maximum atomic E-state index is 13.2. The summed E-state index contributed by atoms with van der Waals surface area (Å²) in [6, 6.07) is -0.728. The fourth-order valence-corrected chi connectivity index (χ4v) is 8.39. The molecule has 3 unspecified atom stereocenters. The van der Waals surface area contributed by atoms with Crippen LogP contribution in [0.3, 0.4) is 0 Å². The summed E-state index contributed by atoms with van der Waals surface area (Å²) in [5.41, 5.74) is 0. The maximum Gasteiger partial charge on any atom is 0.306 e. The van der Waals surface area contributed by atoms with Crippen molar-refractivity contribution in [3.8, 4) is 0 Å². The highest BCUT2D eigenvalue weighted by molar-refractivity contribution is 5.77. The van der Waals surface area contributed by atoms with Gasteiger partial charge in [0.2, 0.25) is 5.91 Å². The van der Waals surface area contributed by atoms with E-state index in [0.717, 1.165) is 57.8 Å². The maximum absolute atomic E-state index is 13.2. The number of esters is 1. The molecule has 6 heteroatoms. The van der Waals surface area contributed by atoms with E-state index in [4.69, 9.17) is 4.74 Å². The summed E-state index contributed by atoms with van der Waals surface area (Å²) in [7, 11) is 0. The molecule has 0 aliphatic rings. The first-order chi connectivity index (χ1) is 32.5. The van der Waals surface area contributed by atoms with Gasteiger partial charge in [-0.15, -0.1) is 0 Å². The Kier molecular flexibility index (Phi) is 51.1. The number of hydrogen-bond donors (Lipinski definition) is 3. The molecule has 0 aromatic heterocycles. The third-order valence-corrected chi connectivity index (χ3v) is 12.6. The predicted molar refractivity (Wildman–Crippen MR) is 287 cm³/mol. The Morgan fingerprint density at radius 2 is 0.848 bits per heavy atom. The average molecular weight is 923 g/mol. The van der Waals surface area contributed by atoms with Gasteiger partial charge in [0.15, 0.2) is 0 Å². The summed E-state index contributed by atoms with van der Waals surface area (Å²) in [6.07, 6.45) is 68.3. The van der Waals surface area contributed by atoms with Crippen LogP contribution in [-0.4, -0.2) is 46.9 Å². The summed E-state index contributed by atoms with van der Waals surface area (Å²) < 4.78 is 5.91. The zero-order chi connectivity index (χ0) is 48.1. The van der Waals surface area contributed by atoms with Crippen molar-refractivity contribution in [2.24, 2.45) is 0 Å². The van der Waals surface area contributed by atoms with Gasteiger partial charge < -0.3 is 20.3 Å². The lowest BCUT2D eigenvalue weighted by atomic mass is 10.0. The molecular weight excluding hydrogens is 815 g/mol. The van der Waals surface area contributed by atoms with Crippen LogP contribution in [0.4, 0.5) is 0 Å². The Morgan fingerprint density at radius 1 is 0.455 bits per heavy atom. The van der Waals surface area contributed by atoms with E-state index in [2.05, 4.69) is 50.4 Å². The molecule has 0 aliphatic heterocycles. The number of unbranched alkanes of at least 4 members (excludes halogenated alkanes) is 30. The van der Waals surface area contributed by atoms with E-state index in [1.807, 2.05) is 48.6 Å². The summed E-state index contributed by atoms with van der Waals surface area (Å²) in [4.78, 5) is 26.2. The molecule has 3 N–H and O–H groups in total. The van der Waals surface area contributed by atoms with Gasteiger partial charge in [-0.2, -0.15) is 0 Å². The number of amides is 1. The van der Waals surface area contributed by atoms with Crippen LogP contribution in [0, 0.1) is 0 Å². The van der Waals surface area contributed by atoms with E-state index in [9.17, 15) is 19.8 Å². The Bertz CT molecular complexity index is 1220. The third kappa shape index (κ3) is 47.8. The van der Waals surface area contributed by atoms with Crippen molar-refractivity contribution in [2.45, 2.75) is 289 Å². The lowest BCUT2D eigenvalue weighted by molar-refractivity contribution is -0.151. The van der Waals surface area contributed by atoms with Crippen LogP contribution in [0.1, 0.15) is 271 Å². The molecule has 0 fully saturated rings. The van der Waals surface area contributed by atoms with Gasteiger partial charge in [0.1, 0.15) is 6.10 Å². The monoisotopic (exact) mass is 922 g/mol. The zero-order valence-electron chi connectivity index (χ0n) is 43.6. The third-order valence-electron chi connectivity index (χ3n) is 12.6. The number of aliphatic hydroxyl groups excluding tert-OH is 2. The second-order valence-electron chi connectivity index (χ2n) is 19.1. The highest BCUT2D eigenvalue weighted by Crippen LogP contribution is 2.18. The summed E-state index contributed by atoms with van der Waals surface area (Å²) >= 11 is 0. The Labute approximate surface area is 409 Å². The van der Waals surface area contributed by atoms with Crippen LogP contribution >= 0.6 is 0 Å². The van der Waals surface area contributed by atoms with Crippen LogP contribution < -0.4 is 5.32 Å². The van der Waals surface area contributed by atoms with E-state index >= 15 is 0 Å². The van der Waals surface area contributed by atoms with Crippen LogP contribution in [0.2, 0.25) is 0 Å². The number of carbonyl (C=O) groups is 2. The quantitative estimate of drug-likeness (QED) is 0.0244. The Balaban J connectivity index is 4.59. The van der Waals surface area contributed by atoms with Gasteiger partial charge in [0.05, 0.1) is 25.2 Å². The molecule has 0 aromatic rings. The first kappa shape index (κ1) is 63.3. The minimum atomic E-state index is -0.810. The molecule has 1 amide bonds. The summed E-state index contributed by atoms with van der Waals surface area (Å²) in [5, 5.41) is 23.8. The van der Waals surface area contributed by atoms with Crippen molar-refractivity contribution < 1.29 is 24.5 Å². The molecule has 0 heterocycles. The highest BCUT2D eigenvalue weighted by Gasteiger charge is 2.24. The number of allylic oxidation sites excluding steroid dienone is 12. The van der Waals surface area contributed by atoms with E-state index in [1.165, 1.54) is 167 Å². The lowest BCUT2D eigenvalue weighted by Crippen LogP contribution is -2.46. The highest BCUT2D eigenvalue weighted by atomic mass is 16.5. The molecule has 0 rings (SSSR count). The van der Waals surface area contributed by atoms with Gasteiger partial charge in [-0.05, 0) is 64.2 Å². The normalized spacial score (nSPS) is 13.7.